The van der Waals surface area contributed by atoms with Crippen LogP contribution in [-0.4, -0.2) is 43.9 Å². The summed E-state index contributed by atoms with van der Waals surface area (Å²) in [6.07, 6.45) is 6.39. The number of nitrogens with zero attached hydrogens (tertiary/aromatic N) is 1. The first-order chi connectivity index (χ1) is 28.1. The SMILES string of the molecule is CC(C)(C)c1ccc(-c2ccc(C(C)(C)C)cc2)cc1.Fc1cccc(C2CCCN2)c1.Fc1cccc(C=NCCCCl)c1.NCCCCl.O=Cc1cccc(F)c1. The van der Waals surface area contributed by atoms with Gasteiger partial charge < -0.3 is 11.1 Å². The molecule has 6 rings (SSSR count). The largest absolute Gasteiger partial charge is 0.330 e. The van der Waals surface area contributed by atoms with Crippen molar-refractivity contribution in [3.05, 3.63) is 167 Å². The highest BCUT2D eigenvalue weighted by molar-refractivity contribution is 6.18. The summed E-state index contributed by atoms with van der Waals surface area (Å²) in [5.41, 5.74) is 13.1. The summed E-state index contributed by atoms with van der Waals surface area (Å²) in [5, 5.41) is 3.33. The van der Waals surface area contributed by atoms with Crippen molar-refractivity contribution >= 4 is 35.7 Å². The second-order valence-corrected chi connectivity index (χ2v) is 16.8. The minimum Gasteiger partial charge on any atom is -0.330 e. The maximum atomic E-state index is 12.8. The Morgan fingerprint density at radius 3 is 1.53 bits per heavy atom. The Kier molecular flexibility index (Phi) is 23.7. The lowest BCUT2D eigenvalue weighted by molar-refractivity contribution is 0.112. The Morgan fingerprint density at radius 1 is 0.678 bits per heavy atom. The first kappa shape index (κ1) is 50.9. The number of nitrogens with two attached hydrogens (primary N) is 1. The predicted octanol–water partition coefficient (Wildman–Crippen LogP) is 13.3. The highest BCUT2D eigenvalue weighted by Crippen LogP contribution is 2.29. The van der Waals surface area contributed by atoms with Gasteiger partial charge in [-0.25, -0.2) is 13.2 Å². The molecule has 318 valence electrons. The van der Waals surface area contributed by atoms with Crippen molar-refractivity contribution in [2.75, 3.05) is 31.4 Å². The van der Waals surface area contributed by atoms with Crippen LogP contribution in [0.5, 0.6) is 0 Å². The summed E-state index contributed by atoms with van der Waals surface area (Å²) in [6, 6.07) is 37.0. The maximum Gasteiger partial charge on any atom is 0.150 e. The normalized spacial score (nSPS) is 13.4. The molecule has 1 fully saturated rings. The Balaban J connectivity index is 0.000000270. The molecular weight excluding hydrogens is 786 g/mol. The van der Waals surface area contributed by atoms with Gasteiger partial charge in [0.1, 0.15) is 23.7 Å². The topological polar surface area (TPSA) is 67.5 Å². The summed E-state index contributed by atoms with van der Waals surface area (Å²) in [6.45, 7) is 16.0. The highest BCUT2D eigenvalue weighted by atomic mass is 35.5. The molecule has 3 N–H and O–H groups in total. The average molecular weight is 849 g/mol. The minimum absolute atomic E-state index is 0.138. The molecule has 1 aliphatic rings. The fourth-order valence-electron chi connectivity index (χ4n) is 5.58. The molecule has 1 atom stereocenters. The summed E-state index contributed by atoms with van der Waals surface area (Å²) in [4.78, 5) is 14.1. The quantitative estimate of drug-likeness (QED) is 0.0672. The number of alkyl halides is 2. The fourth-order valence-corrected chi connectivity index (χ4v) is 5.86. The van der Waals surface area contributed by atoms with Crippen molar-refractivity contribution < 1.29 is 18.0 Å². The Labute approximate surface area is 361 Å². The van der Waals surface area contributed by atoms with Crippen molar-refractivity contribution in [2.24, 2.45) is 10.7 Å². The molecule has 0 bridgehead atoms. The standard InChI is InChI=1S/C20H26.C10H11ClFN.C10H12FN.C7H5FO.C3H8ClN/c1-19(2,3)17-11-7-15(8-12-17)16-9-13-18(14-10-16)20(4,5)6;11-5-2-6-13-8-9-3-1-4-10(12)7-9;11-9-4-1-3-8(7-9)10-5-2-6-12-10;8-7-3-1-2-6(4-7)5-9;4-2-1-3-5/h7-14H,1-6H3;1,3-4,7-8H,2,5-6H2;1,3-4,7,10,12H,2,5-6H2;1-5H;1-3,5H2. The van der Waals surface area contributed by atoms with E-state index in [2.05, 4.69) is 100 Å². The van der Waals surface area contributed by atoms with Crippen LogP contribution in [-0.2, 0) is 10.8 Å². The number of rotatable bonds is 9. The van der Waals surface area contributed by atoms with Gasteiger partial charge >= 0.3 is 0 Å². The summed E-state index contributed by atoms with van der Waals surface area (Å²) in [5.74, 6) is 0.555. The van der Waals surface area contributed by atoms with Gasteiger partial charge in [-0.2, -0.15) is 0 Å². The molecule has 0 aliphatic carbocycles. The molecule has 9 heteroatoms. The number of nitrogens with one attached hydrogen (secondary N) is 1. The van der Waals surface area contributed by atoms with Crippen LogP contribution < -0.4 is 11.1 Å². The Hall–Kier alpha value is -4.27. The number of hydrogen-bond donors (Lipinski definition) is 2. The third-order valence-electron chi connectivity index (χ3n) is 8.98. The molecule has 0 saturated carbocycles. The monoisotopic (exact) mass is 847 g/mol. The molecule has 59 heavy (non-hydrogen) atoms. The van der Waals surface area contributed by atoms with Crippen molar-refractivity contribution in [3.8, 4) is 11.1 Å². The second-order valence-electron chi connectivity index (χ2n) is 16.0. The van der Waals surface area contributed by atoms with Gasteiger partial charge in [0.05, 0.1) is 0 Å². The van der Waals surface area contributed by atoms with Crippen LogP contribution in [0.1, 0.15) is 106 Å². The molecular formula is C50H62Cl2F3N3O. The molecule has 1 unspecified atom stereocenters. The van der Waals surface area contributed by atoms with Crippen molar-refractivity contribution in [3.63, 3.8) is 0 Å². The predicted molar refractivity (Wildman–Crippen MR) is 246 cm³/mol. The first-order valence-electron chi connectivity index (χ1n) is 20.1. The number of carbonyl (C=O) groups excluding carboxylic acids is 1. The third-order valence-corrected chi connectivity index (χ3v) is 9.51. The highest BCUT2D eigenvalue weighted by Gasteiger charge is 2.16. The van der Waals surface area contributed by atoms with E-state index in [1.807, 2.05) is 12.1 Å². The van der Waals surface area contributed by atoms with Crippen LogP contribution in [0, 0.1) is 17.5 Å². The summed E-state index contributed by atoms with van der Waals surface area (Å²) >= 11 is 10.7. The number of aliphatic imine (C=N–C) groups is 1. The van der Waals surface area contributed by atoms with Crippen LogP contribution in [0.3, 0.4) is 0 Å². The van der Waals surface area contributed by atoms with E-state index < -0.39 is 0 Å². The third kappa shape index (κ3) is 21.0. The van der Waals surface area contributed by atoms with Gasteiger partial charge in [-0.05, 0) is 119 Å². The number of aldehydes is 1. The average Bonchev–Trinajstić information content (AvgIpc) is 3.76. The zero-order valence-corrected chi connectivity index (χ0v) is 37.0. The molecule has 1 saturated heterocycles. The van der Waals surface area contributed by atoms with E-state index >= 15 is 0 Å². The van der Waals surface area contributed by atoms with Gasteiger partial charge in [0, 0.05) is 36.1 Å². The van der Waals surface area contributed by atoms with Gasteiger partial charge in [0.2, 0.25) is 0 Å². The molecule has 0 amide bonds. The number of halogens is 5. The molecule has 1 aliphatic heterocycles. The van der Waals surface area contributed by atoms with Gasteiger partial charge in [0.15, 0.2) is 0 Å². The Bertz CT molecular complexity index is 1880. The van der Waals surface area contributed by atoms with Gasteiger partial charge in [-0.1, -0.05) is 126 Å². The van der Waals surface area contributed by atoms with E-state index in [0.29, 0.717) is 42.7 Å². The zero-order valence-electron chi connectivity index (χ0n) is 35.5. The van der Waals surface area contributed by atoms with E-state index in [0.717, 1.165) is 36.9 Å². The van der Waals surface area contributed by atoms with E-state index in [4.69, 9.17) is 28.9 Å². The van der Waals surface area contributed by atoms with Gasteiger partial charge in [-0.3, -0.25) is 9.79 Å². The van der Waals surface area contributed by atoms with Gasteiger partial charge in [0.25, 0.3) is 0 Å². The molecule has 5 aromatic rings. The van der Waals surface area contributed by atoms with E-state index in [1.165, 1.54) is 65.1 Å². The number of hydrogen-bond acceptors (Lipinski definition) is 4. The second kappa shape index (κ2) is 27.5. The molecule has 4 nitrogen and oxygen atoms in total. The lowest BCUT2D eigenvalue weighted by Crippen LogP contribution is -2.12. The first-order valence-corrected chi connectivity index (χ1v) is 21.2. The van der Waals surface area contributed by atoms with Crippen LogP contribution in [0.4, 0.5) is 13.2 Å². The minimum atomic E-state index is -0.375. The van der Waals surface area contributed by atoms with Crippen LogP contribution in [0.25, 0.3) is 11.1 Å². The van der Waals surface area contributed by atoms with Gasteiger partial charge in [-0.15, -0.1) is 23.2 Å². The van der Waals surface area contributed by atoms with Crippen LogP contribution >= 0.6 is 23.2 Å². The number of carbonyl (C=O) groups is 1. The van der Waals surface area contributed by atoms with Crippen LogP contribution in [0.2, 0.25) is 0 Å². The maximum absolute atomic E-state index is 12.8. The molecule has 1 heterocycles. The van der Waals surface area contributed by atoms with E-state index in [9.17, 15) is 18.0 Å². The molecule has 5 aromatic carbocycles. The van der Waals surface area contributed by atoms with Crippen molar-refractivity contribution in [1.29, 1.82) is 0 Å². The lowest BCUT2D eigenvalue weighted by Gasteiger charge is -2.20. The fraction of sp³-hybridized carbons (Fsp3) is 0.360. The summed E-state index contributed by atoms with van der Waals surface area (Å²) in [7, 11) is 0. The van der Waals surface area contributed by atoms with Crippen molar-refractivity contribution in [2.45, 2.75) is 84.1 Å². The molecule has 0 radical (unpaired) electrons. The van der Waals surface area contributed by atoms with E-state index in [1.54, 1.807) is 30.5 Å². The molecule has 0 aromatic heterocycles. The van der Waals surface area contributed by atoms with E-state index in [-0.39, 0.29) is 28.3 Å². The zero-order chi connectivity index (χ0) is 43.7. The lowest BCUT2D eigenvalue weighted by atomic mass is 9.85. The Morgan fingerprint density at radius 2 is 1.15 bits per heavy atom. The van der Waals surface area contributed by atoms with Crippen LogP contribution in [0.15, 0.2) is 126 Å². The summed E-state index contributed by atoms with van der Waals surface area (Å²) < 4.78 is 37.6. The number of benzene rings is 5. The smallest absolute Gasteiger partial charge is 0.150 e. The van der Waals surface area contributed by atoms with Crippen molar-refractivity contribution in [1.82, 2.24) is 5.32 Å². The molecule has 0 spiro atoms.